The average Bonchev–Trinajstić information content (AvgIpc) is 3.57. The number of hydrogen-bond donors (Lipinski definition) is 2. The monoisotopic (exact) mass is 527 g/mol. The molecule has 0 radical (unpaired) electrons. The minimum atomic E-state index is -0.170. The summed E-state index contributed by atoms with van der Waals surface area (Å²) in [5.74, 6) is 1.14. The van der Waals surface area contributed by atoms with Gasteiger partial charge in [-0.25, -0.2) is 14.6 Å². The summed E-state index contributed by atoms with van der Waals surface area (Å²) in [6.07, 6.45) is 5.06. The molecule has 0 unspecified atom stereocenters. The summed E-state index contributed by atoms with van der Waals surface area (Å²) in [4.78, 5) is 25.4. The highest BCUT2D eigenvalue weighted by Crippen LogP contribution is 2.34. The van der Waals surface area contributed by atoms with E-state index in [0.717, 1.165) is 60.0 Å². The maximum atomic E-state index is 13.7. The standard InChI is InChI=1S/C28H33N9O2/c1-3-37-23(11-12-30-37)32-28-29-17-20-9-10-21-25(34-35(2)26(21)24(20)33-28)27(38)31-22(19-7-5-4-6-8-19)18-36-13-15-39-16-14-36/h4-8,11-12,17,22H,3,9-10,13-16,18H2,1-2H3,(H,31,38)(H,29,32,33)/t22-/m1/s1. The normalized spacial score (nSPS) is 15.8. The average molecular weight is 528 g/mol. The van der Waals surface area contributed by atoms with Gasteiger partial charge in [-0.3, -0.25) is 14.4 Å². The zero-order valence-corrected chi connectivity index (χ0v) is 22.3. The van der Waals surface area contributed by atoms with E-state index in [1.165, 1.54) is 0 Å². The lowest BCUT2D eigenvalue weighted by Crippen LogP contribution is -2.43. The van der Waals surface area contributed by atoms with Crippen LogP contribution >= 0.6 is 0 Å². The molecular weight excluding hydrogens is 494 g/mol. The molecule has 1 saturated heterocycles. The highest BCUT2D eigenvalue weighted by molar-refractivity contribution is 5.96. The molecule has 1 fully saturated rings. The predicted molar refractivity (Wildman–Crippen MR) is 147 cm³/mol. The number of aromatic nitrogens is 6. The van der Waals surface area contributed by atoms with Crippen LogP contribution in [0, 0.1) is 0 Å². The van der Waals surface area contributed by atoms with Crippen LogP contribution in [0.25, 0.3) is 11.4 Å². The van der Waals surface area contributed by atoms with Crippen molar-refractivity contribution >= 4 is 17.7 Å². The molecule has 11 heteroatoms. The van der Waals surface area contributed by atoms with Gasteiger partial charge in [0.2, 0.25) is 5.95 Å². The Balaban J connectivity index is 1.28. The first-order valence-electron chi connectivity index (χ1n) is 13.5. The third-order valence-corrected chi connectivity index (χ3v) is 7.40. The number of aryl methyl sites for hydroxylation is 3. The number of benzene rings is 1. The number of carbonyl (C=O) groups excluding carboxylic acids is 1. The number of fused-ring (bicyclic) bond motifs is 3. The topological polar surface area (TPSA) is 115 Å². The van der Waals surface area contributed by atoms with Crippen LogP contribution in [0.4, 0.5) is 11.8 Å². The lowest BCUT2D eigenvalue weighted by Gasteiger charge is -2.31. The van der Waals surface area contributed by atoms with Crippen molar-refractivity contribution in [1.29, 1.82) is 0 Å². The molecule has 1 atom stereocenters. The number of carbonyl (C=O) groups is 1. The Labute approximate surface area is 227 Å². The van der Waals surface area contributed by atoms with Gasteiger partial charge in [-0.05, 0) is 30.9 Å². The fourth-order valence-electron chi connectivity index (χ4n) is 5.39. The summed E-state index contributed by atoms with van der Waals surface area (Å²) < 4.78 is 9.14. The van der Waals surface area contributed by atoms with Gasteiger partial charge >= 0.3 is 0 Å². The molecule has 2 aliphatic rings. The molecule has 4 heterocycles. The van der Waals surface area contributed by atoms with Crippen molar-refractivity contribution < 1.29 is 9.53 Å². The van der Waals surface area contributed by atoms with E-state index in [1.807, 2.05) is 49.1 Å². The first kappa shape index (κ1) is 25.2. The van der Waals surface area contributed by atoms with Gasteiger partial charge in [0, 0.05) is 51.1 Å². The number of amides is 1. The largest absolute Gasteiger partial charge is 0.379 e. The van der Waals surface area contributed by atoms with Crippen molar-refractivity contribution in [1.82, 2.24) is 39.7 Å². The molecule has 0 spiro atoms. The van der Waals surface area contributed by atoms with Crippen LogP contribution in [0.5, 0.6) is 0 Å². The van der Waals surface area contributed by atoms with Crippen LogP contribution in [0.15, 0.2) is 48.8 Å². The lowest BCUT2D eigenvalue weighted by atomic mass is 9.93. The molecule has 202 valence electrons. The Hall–Kier alpha value is -4.09. The number of nitrogens with zero attached hydrogens (tertiary/aromatic N) is 7. The van der Waals surface area contributed by atoms with Gasteiger partial charge in [-0.2, -0.15) is 10.2 Å². The number of morpholine rings is 1. The van der Waals surface area contributed by atoms with Crippen LogP contribution in [0.2, 0.25) is 0 Å². The molecule has 4 aromatic rings. The SMILES string of the molecule is CCn1nccc1Nc1ncc2c(n1)-c1c(c(C(=O)N[C@H](CN3CCOCC3)c3ccccc3)nn1C)CC2. The first-order chi connectivity index (χ1) is 19.1. The van der Waals surface area contributed by atoms with E-state index in [2.05, 4.69) is 37.7 Å². The Morgan fingerprint density at radius 1 is 1.13 bits per heavy atom. The van der Waals surface area contributed by atoms with Crippen molar-refractivity contribution in [2.75, 3.05) is 38.2 Å². The van der Waals surface area contributed by atoms with Crippen molar-refractivity contribution in [3.05, 3.63) is 71.2 Å². The van der Waals surface area contributed by atoms with Crippen LogP contribution in [-0.2, 0) is 31.2 Å². The van der Waals surface area contributed by atoms with Crippen molar-refractivity contribution in [2.24, 2.45) is 7.05 Å². The first-order valence-corrected chi connectivity index (χ1v) is 13.5. The summed E-state index contributed by atoms with van der Waals surface area (Å²) in [5, 5.41) is 15.6. The van der Waals surface area contributed by atoms with E-state index in [0.29, 0.717) is 37.8 Å². The minimum Gasteiger partial charge on any atom is -0.379 e. The quantitative estimate of drug-likeness (QED) is 0.360. The molecule has 39 heavy (non-hydrogen) atoms. The molecule has 1 aliphatic heterocycles. The van der Waals surface area contributed by atoms with Gasteiger partial charge in [-0.1, -0.05) is 30.3 Å². The second-order valence-electron chi connectivity index (χ2n) is 9.87. The number of rotatable bonds is 8. The fraction of sp³-hybridized carbons (Fsp3) is 0.393. The zero-order chi connectivity index (χ0) is 26.8. The highest BCUT2D eigenvalue weighted by Gasteiger charge is 2.30. The molecule has 0 bridgehead atoms. The van der Waals surface area contributed by atoms with E-state index in [-0.39, 0.29) is 11.9 Å². The third kappa shape index (κ3) is 5.15. The summed E-state index contributed by atoms with van der Waals surface area (Å²) in [6.45, 7) is 6.61. The van der Waals surface area contributed by atoms with Gasteiger partial charge in [-0.15, -0.1) is 0 Å². The molecular formula is C28H33N9O2. The number of anilines is 2. The van der Waals surface area contributed by atoms with E-state index < -0.39 is 0 Å². The van der Waals surface area contributed by atoms with Crippen LogP contribution in [0.1, 0.15) is 40.1 Å². The van der Waals surface area contributed by atoms with E-state index in [9.17, 15) is 4.79 Å². The summed E-state index contributed by atoms with van der Waals surface area (Å²) >= 11 is 0. The van der Waals surface area contributed by atoms with Gasteiger partial charge < -0.3 is 15.4 Å². The van der Waals surface area contributed by atoms with Crippen LogP contribution in [-0.4, -0.2) is 73.2 Å². The molecule has 2 N–H and O–H groups in total. The third-order valence-electron chi connectivity index (χ3n) is 7.40. The summed E-state index contributed by atoms with van der Waals surface area (Å²) in [5.41, 5.74) is 5.16. The number of ether oxygens (including phenoxy) is 1. The molecule has 1 aliphatic carbocycles. The van der Waals surface area contributed by atoms with Gasteiger partial charge in [0.1, 0.15) is 5.82 Å². The van der Waals surface area contributed by atoms with Crippen molar-refractivity contribution in [3.8, 4) is 11.4 Å². The molecule has 1 aromatic carbocycles. The van der Waals surface area contributed by atoms with E-state index in [4.69, 9.17) is 14.8 Å². The Morgan fingerprint density at radius 2 is 1.95 bits per heavy atom. The predicted octanol–water partition coefficient (Wildman–Crippen LogP) is 2.74. The van der Waals surface area contributed by atoms with Gasteiger partial charge in [0.25, 0.3) is 5.91 Å². The molecule has 11 nitrogen and oxygen atoms in total. The minimum absolute atomic E-state index is 0.160. The number of nitrogens with one attached hydrogen (secondary N) is 2. The summed E-state index contributed by atoms with van der Waals surface area (Å²) in [7, 11) is 1.87. The maximum Gasteiger partial charge on any atom is 0.272 e. The number of hydrogen-bond acceptors (Lipinski definition) is 8. The zero-order valence-electron chi connectivity index (χ0n) is 22.3. The van der Waals surface area contributed by atoms with Crippen LogP contribution in [0.3, 0.4) is 0 Å². The Kier molecular flexibility index (Phi) is 7.08. The molecule has 1 amide bonds. The smallest absolute Gasteiger partial charge is 0.272 e. The van der Waals surface area contributed by atoms with Gasteiger partial charge in [0.05, 0.1) is 36.8 Å². The Bertz CT molecular complexity index is 1460. The van der Waals surface area contributed by atoms with Gasteiger partial charge in [0.15, 0.2) is 5.69 Å². The molecule has 3 aromatic heterocycles. The van der Waals surface area contributed by atoms with Crippen molar-refractivity contribution in [2.45, 2.75) is 32.4 Å². The fourth-order valence-corrected chi connectivity index (χ4v) is 5.39. The second kappa shape index (κ2) is 11.0. The Morgan fingerprint density at radius 3 is 2.74 bits per heavy atom. The van der Waals surface area contributed by atoms with Crippen LogP contribution < -0.4 is 10.6 Å². The van der Waals surface area contributed by atoms with Crippen molar-refractivity contribution in [3.63, 3.8) is 0 Å². The molecule has 0 saturated carbocycles. The summed E-state index contributed by atoms with van der Waals surface area (Å²) in [6, 6.07) is 11.9. The molecule has 6 rings (SSSR count). The maximum absolute atomic E-state index is 13.7. The van der Waals surface area contributed by atoms with E-state index in [1.54, 1.807) is 10.9 Å². The second-order valence-corrected chi connectivity index (χ2v) is 9.87. The highest BCUT2D eigenvalue weighted by atomic mass is 16.5. The lowest BCUT2D eigenvalue weighted by molar-refractivity contribution is 0.0332. The van der Waals surface area contributed by atoms with E-state index >= 15 is 0 Å².